The highest BCUT2D eigenvalue weighted by atomic mass is 19.4. The molecule has 1 aliphatic rings. The van der Waals surface area contributed by atoms with Crippen molar-refractivity contribution in [3.05, 3.63) is 82.9 Å². The fourth-order valence-corrected chi connectivity index (χ4v) is 4.12. The highest BCUT2D eigenvalue weighted by Gasteiger charge is 2.28. The number of hydrogen-bond donors (Lipinski definition) is 1. The zero-order chi connectivity index (χ0) is 23.4. The molecule has 2 aromatic carbocycles. The van der Waals surface area contributed by atoms with E-state index in [-0.39, 0.29) is 11.8 Å². The molecule has 3 aromatic rings. The maximum atomic E-state index is 14.6. The third kappa shape index (κ3) is 5.57. The lowest BCUT2D eigenvalue weighted by atomic mass is 9.88. The number of aryl methyl sites for hydroxylation is 1. The van der Waals surface area contributed by atoms with Crippen molar-refractivity contribution in [3.63, 3.8) is 0 Å². The molecule has 0 amide bonds. The molecule has 0 fully saturated rings. The molecule has 4 rings (SSSR count). The van der Waals surface area contributed by atoms with Gasteiger partial charge in [0.05, 0.1) is 0 Å². The standard InChI is InChI=1S/C25H22F4N2O2/c26-23-12-20(33-15-25(27,28)29)3-5-21(23)16-1-4-22-17(11-16)8-10-31-24(22)6-2-18-13-30-9-7-19(18)14-32/h1,3-5,7,9,11-14,24,31H,2,6,8,10,15H2/t24-/m1/s1. The highest BCUT2D eigenvalue weighted by molar-refractivity contribution is 5.76. The van der Waals surface area contributed by atoms with Crippen LogP contribution in [0.1, 0.15) is 39.5 Å². The van der Waals surface area contributed by atoms with Gasteiger partial charge in [-0.1, -0.05) is 18.2 Å². The molecule has 0 unspecified atom stereocenters. The van der Waals surface area contributed by atoms with E-state index in [0.717, 1.165) is 48.4 Å². The molecule has 0 aliphatic carbocycles. The predicted octanol–water partition coefficient (Wildman–Crippen LogP) is 5.46. The number of carbonyl (C=O) groups is 1. The first-order valence-corrected chi connectivity index (χ1v) is 10.6. The quantitative estimate of drug-likeness (QED) is 0.377. The molecular weight excluding hydrogens is 436 g/mol. The van der Waals surface area contributed by atoms with Gasteiger partial charge in [-0.25, -0.2) is 4.39 Å². The SMILES string of the molecule is O=Cc1ccncc1CC[C@H]1NCCc2cc(-c3ccc(OCC(F)(F)F)cc3F)ccc21. The van der Waals surface area contributed by atoms with Gasteiger partial charge in [0.25, 0.3) is 0 Å². The number of carbonyl (C=O) groups excluding carboxylic acids is 1. The van der Waals surface area contributed by atoms with Crippen LogP contribution in [0, 0.1) is 5.82 Å². The molecular formula is C25H22F4N2O2. The van der Waals surface area contributed by atoms with Gasteiger partial charge in [-0.3, -0.25) is 9.78 Å². The number of rotatable bonds is 7. The Labute approximate surface area is 188 Å². The van der Waals surface area contributed by atoms with E-state index in [4.69, 9.17) is 0 Å². The number of aromatic nitrogens is 1. The van der Waals surface area contributed by atoms with Crippen molar-refractivity contribution < 1.29 is 27.1 Å². The molecule has 172 valence electrons. The molecule has 1 atom stereocenters. The molecule has 1 N–H and O–H groups in total. The topological polar surface area (TPSA) is 51.2 Å². The fraction of sp³-hybridized carbons (Fsp3) is 0.280. The smallest absolute Gasteiger partial charge is 0.422 e. The maximum absolute atomic E-state index is 14.6. The highest BCUT2D eigenvalue weighted by Crippen LogP contribution is 2.33. The van der Waals surface area contributed by atoms with Crippen molar-refractivity contribution in [1.29, 1.82) is 0 Å². The second kappa shape index (κ2) is 9.70. The average Bonchev–Trinajstić information content (AvgIpc) is 2.80. The van der Waals surface area contributed by atoms with Crippen molar-refractivity contribution in [2.45, 2.75) is 31.5 Å². The maximum Gasteiger partial charge on any atom is 0.422 e. The molecule has 33 heavy (non-hydrogen) atoms. The summed E-state index contributed by atoms with van der Waals surface area (Å²) in [5, 5.41) is 3.50. The summed E-state index contributed by atoms with van der Waals surface area (Å²) in [5.41, 5.74) is 4.70. The van der Waals surface area contributed by atoms with Gasteiger partial charge in [-0.05, 0) is 66.3 Å². The van der Waals surface area contributed by atoms with E-state index >= 15 is 0 Å². The molecule has 0 saturated heterocycles. The van der Waals surface area contributed by atoms with Crippen LogP contribution in [0.5, 0.6) is 5.75 Å². The molecule has 0 saturated carbocycles. The molecule has 8 heteroatoms. The third-order valence-electron chi connectivity index (χ3n) is 5.73. The monoisotopic (exact) mass is 458 g/mol. The summed E-state index contributed by atoms with van der Waals surface area (Å²) >= 11 is 0. The van der Waals surface area contributed by atoms with Gasteiger partial charge in [0.15, 0.2) is 6.61 Å². The van der Waals surface area contributed by atoms with Crippen LogP contribution in [-0.2, 0) is 12.8 Å². The van der Waals surface area contributed by atoms with E-state index in [1.807, 2.05) is 18.2 Å². The molecule has 2 heterocycles. The van der Waals surface area contributed by atoms with Gasteiger partial charge < -0.3 is 10.1 Å². The predicted molar refractivity (Wildman–Crippen MR) is 116 cm³/mol. The van der Waals surface area contributed by atoms with E-state index in [2.05, 4.69) is 15.0 Å². The van der Waals surface area contributed by atoms with Gasteiger partial charge in [0.1, 0.15) is 17.9 Å². The minimum absolute atomic E-state index is 0.0884. The molecule has 1 aliphatic heterocycles. The van der Waals surface area contributed by atoms with Crippen molar-refractivity contribution in [1.82, 2.24) is 10.3 Å². The van der Waals surface area contributed by atoms with Crippen molar-refractivity contribution in [2.24, 2.45) is 0 Å². The number of nitrogens with one attached hydrogen (secondary N) is 1. The number of benzene rings is 2. The number of aldehydes is 1. The summed E-state index contributed by atoms with van der Waals surface area (Å²) in [6, 6.07) is 11.2. The number of nitrogens with zero attached hydrogens (tertiary/aromatic N) is 1. The first-order chi connectivity index (χ1) is 15.8. The van der Waals surface area contributed by atoms with E-state index in [0.29, 0.717) is 23.1 Å². The van der Waals surface area contributed by atoms with Crippen LogP contribution in [0.3, 0.4) is 0 Å². The molecule has 0 bridgehead atoms. The summed E-state index contributed by atoms with van der Waals surface area (Å²) in [4.78, 5) is 15.4. The number of halogens is 4. The van der Waals surface area contributed by atoms with Crippen LogP contribution >= 0.6 is 0 Å². The van der Waals surface area contributed by atoms with Crippen molar-refractivity contribution in [3.8, 4) is 16.9 Å². The van der Waals surface area contributed by atoms with Gasteiger partial charge in [0.2, 0.25) is 0 Å². The Hall–Kier alpha value is -3.26. The lowest BCUT2D eigenvalue weighted by Crippen LogP contribution is -2.30. The Bertz CT molecular complexity index is 1150. The Morgan fingerprint density at radius 1 is 1.15 bits per heavy atom. The zero-order valence-corrected chi connectivity index (χ0v) is 17.7. The van der Waals surface area contributed by atoms with Gasteiger partial charge in [-0.2, -0.15) is 13.2 Å². The molecule has 1 aromatic heterocycles. The number of hydrogen-bond acceptors (Lipinski definition) is 4. The van der Waals surface area contributed by atoms with Crippen LogP contribution in [0.4, 0.5) is 17.6 Å². The van der Waals surface area contributed by atoms with Crippen LogP contribution in [-0.4, -0.2) is 30.6 Å². The van der Waals surface area contributed by atoms with E-state index in [1.165, 1.54) is 12.1 Å². The Morgan fingerprint density at radius 2 is 2.00 bits per heavy atom. The van der Waals surface area contributed by atoms with Crippen LogP contribution in [0.2, 0.25) is 0 Å². The second-order valence-corrected chi connectivity index (χ2v) is 7.95. The van der Waals surface area contributed by atoms with E-state index < -0.39 is 18.6 Å². The summed E-state index contributed by atoms with van der Waals surface area (Å²) in [6.07, 6.45) is 1.90. The number of pyridine rings is 1. The van der Waals surface area contributed by atoms with Gasteiger partial charge in [0, 0.05) is 35.6 Å². The first kappa shape index (κ1) is 22.9. The Morgan fingerprint density at radius 3 is 2.76 bits per heavy atom. The second-order valence-electron chi connectivity index (χ2n) is 7.95. The van der Waals surface area contributed by atoms with Crippen molar-refractivity contribution in [2.75, 3.05) is 13.2 Å². The fourth-order valence-electron chi connectivity index (χ4n) is 4.12. The molecule has 0 radical (unpaired) electrons. The average molecular weight is 458 g/mol. The van der Waals surface area contributed by atoms with Crippen LogP contribution in [0.25, 0.3) is 11.1 Å². The third-order valence-corrected chi connectivity index (χ3v) is 5.73. The van der Waals surface area contributed by atoms with E-state index in [9.17, 15) is 22.4 Å². The van der Waals surface area contributed by atoms with Crippen LogP contribution in [0.15, 0.2) is 54.9 Å². The van der Waals surface area contributed by atoms with Crippen molar-refractivity contribution >= 4 is 6.29 Å². The molecule has 0 spiro atoms. The van der Waals surface area contributed by atoms with E-state index in [1.54, 1.807) is 18.5 Å². The van der Waals surface area contributed by atoms with Gasteiger partial charge >= 0.3 is 6.18 Å². The number of fused-ring (bicyclic) bond motifs is 1. The first-order valence-electron chi connectivity index (χ1n) is 10.6. The lowest BCUT2D eigenvalue weighted by molar-refractivity contribution is -0.153. The minimum atomic E-state index is -4.48. The van der Waals surface area contributed by atoms with Crippen LogP contribution < -0.4 is 10.1 Å². The summed E-state index contributed by atoms with van der Waals surface area (Å²) in [6.45, 7) is -0.701. The summed E-state index contributed by atoms with van der Waals surface area (Å²) in [7, 11) is 0. The van der Waals surface area contributed by atoms with Gasteiger partial charge in [-0.15, -0.1) is 0 Å². The Balaban J connectivity index is 1.50. The summed E-state index contributed by atoms with van der Waals surface area (Å²) < 4.78 is 56.2. The largest absolute Gasteiger partial charge is 0.484 e. The number of ether oxygens (including phenoxy) is 1. The minimum Gasteiger partial charge on any atom is -0.484 e. The normalized spacial score (nSPS) is 15.7. The summed E-state index contributed by atoms with van der Waals surface area (Å²) in [5.74, 6) is -0.807. The Kier molecular flexibility index (Phi) is 6.74. The zero-order valence-electron chi connectivity index (χ0n) is 17.7. The number of alkyl halides is 3. The molecule has 4 nitrogen and oxygen atoms in total. The lowest BCUT2D eigenvalue weighted by Gasteiger charge is -2.28.